The lowest BCUT2D eigenvalue weighted by Gasteiger charge is -2.29. The fraction of sp³-hybridized carbons (Fsp3) is 0.455. The van der Waals surface area contributed by atoms with Gasteiger partial charge in [0.2, 0.25) is 0 Å². The Hall–Kier alpha value is -1.66. The van der Waals surface area contributed by atoms with Gasteiger partial charge in [0.15, 0.2) is 5.60 Å². The largest absolute Gasteiger partial charge is 0.479 e. The summed E-state index contributed by atoms with van der Waals surface area (Å²) in [5, 5.41) is 18.2. The third-order valence-corrected chi connectivity index (χ3v) is 2.62. The molecule has 0 saturated carbocycles. The number of hydrogen-bond donors (Lipinski definition) is 3. The maximum absolute atomic E-state index is 11.2. The number of carboxylic acids is 2. The van der Waals surface area contributed by atoms with Gasteiger partial charge < -0.3 is 20.7 Å². The van der Waals surface area contributed by atoms with Crippen LogP contribution in [0.2, 0.25) is 0 Å². The highest BCUT2D eigenvalue weighted by Crippen LogP contribution is 2.30. The van der Waals surface area contributed by atoms with Crippen molar-refractivity contribution in [2.45, 2.75) is 18.9 Å². The summed E-state index contributed by atoms with van der Waals surface area (Å²) in [4.78, 5) is 22.2. The van der Waals surface area contributed by atoms with Crippen LogP contribution >= 0.6 is 0 Å². The molecule has 0 aromatic rings. The van der Waals surface area contributed by atoms with Crippen LogP contribution in [0.1, 0.15) is 13.3 Å². The molecule has 0 bridgehead atoms. The van der Waals surface area contributed by atoms with Crippen LogP contribution in [0.3, 0.4) is 0 Å². The Balaban J connectivity index is 3.03. The first-order chi connectivity index (χ1) is 7.93. The maximum atomic E-state index is 11.2. The summed E-state index contributed by atoms with van der Waals surface area (Å²) in [6, 6.07) is 0. The Bertz CT molecular complexity index is 399. The molecule has 17 heavy (non-hydrogen) atoms. The summed E-state index contributed by atoms with van der Waals surface area (Å²) in [5.41, 5.74) is 4.22. The SMILES string of the molecule is CC1=C(C(=O)O)CC(OCCN)(C(=O)O)C=C1. The van der Waals surface area contributed by atoms with Gasteiger partial charge in [-0.1, -0.05) is 6.08 Å². The van der Waals surface area contributed by atoms with Gasteiger partial charge in [0.25, 0.3) is 0 Å². The first kappa shape index (κ1) is 13.4. The quantitative estimate of drug-likeness (QED) is 0.631. The third kappa shape index (κ3) is 2.72. The molecule has 0 heterocycles. The molecule has 94 valence electrons. The molecule has 0 aliphatic heterocycles. The summed E-state index contributed by atoms with van der Waals surface area (Å²) in [6.07, 6.45) is 2.63. The van der Waals surface area contributed by atoms with Gasteiger partial charge in [-0.25, -0.2) is 9.59 Å². The van der Waals surface area contributed by atoms with Crippen LogP contribution in [-0.4, -0.2) is 40.9 Å². The highest BCUT2D eigenvalue weighted by atomic mass is 16.5. The van der Waals surface area contributed by atoms with E-state index in [1.165, 1.54) is 12.2 Å². The van der Waals surface area contributed by atoms with Crippen molar-refractivity contribution in [1.82, 2.24) is 0 Å². The molecule has 0 aromatic heterocycles. The van der Waals surface area contributed by atoms with Crippen molar-refractivity contribution in [2.75, 3.05) is 13.2 Å². The lowest BCUT2D eigenvalue weighted by Crippen LogP contribution is -2.43. The molecule has 0 amide bonds. The molecule has 1 aliphatic rings. The van der Waals surface area contributed by atoms with Crippen molar-refractivity contribution in [3.8, 4) is 0 Å². The summed E-state index contributed by atoms with van der Waals surface area (Å²) in [7, 11) is 0. The Morgan fingerprint density at radius 3 is 2.65 bits per heavy atom. The topological polar surface area (TPSA) is 110 Å². The normalized spacial score (nSPS) is 23.9. The second kappa shape index (κ2) is 5.11. The number of ether oxygens (including phenoxy) is 1. The number of rotatable bonds is 5. The molecular formula is C11H15NO5. The van der Waals surface area contributed by atoms with Crippen molar-refractivity contribution in [3.63, 3.8) is 0 Å². The molecular weight excluding hydrogens is 226 g/mol. The van der Waals surface area contributed by atoms with E-state index in [4.69, 9.17) is 20.7 Å². The van der Waals surface area contributed by atoms with E-state index < -0.39 is 17.5 Å². The number of nitrogens with two attached hydrogens (primary N) is 1. The average Bonchev–Trinajstić information content (AvgIpc) is 2.27. The first-order valence-electron chi connectivity index (χ1n) is 5.12. The molecule has 4 N–H and O–H groups in total. The van der Waals surface area contributed by atoms with Crippen LogP contribution in [0.25, 0.3) is 0 Å². The molecule has 6 heteroatoms. The van der Waals surface area contributed by atoms with Crippen LogP contribution in [0.15, 0.2) is 23.3 Å². The molecule has 6 nitrogen and oxygen atoms in total. The van der Waals surface area contributed by atoms with E-state index in [2.05, 4.69) is 0 Å². The standard InChI is InChI=1S/C11H15NO5/c1-7-2-3-11(10(15)16,17-5-4-12)6-8(7)9(13)14/h2-3H,4-6,12H2,1H3,(H,13,14)(H,15,16). The minimum absolute atomic E-state index is 0.0481. The molecule has 1 rings (SSSR count). The monoisotopic (exact) mass is 241 g/mol. The fourth-order valence-corrected chi connectivity index (χ4v) is 1.61. The number of allylic oxidation sites excluding steroid dienone is 2. The Morgan fingerprint density at radius 1 is 1.53 bits per heavy atom. The van der Waals surface area contributed by atoms with Crippen molar-refractivity contribution >= 4 is 11.9 Å². The van der Waals surface area contributed by atoms with E-state index in [9.17, 15) is 9.59 Å². The van der Waals surface area contributed by atoms with Crippen molar-refractivity contribution in [2.24, 2.45) is 5.73 Å². The first-order valence-corrected chi connectivity index (χ1v) is 5.12. The van der Waals surface area contributed by atoms with Crippen LogP contribution in [0.4, 0.5) is 0 Å². The van der Waals surface area contributed by atoms with E-state index in [1.807, 2.05) is 0 Å². The number of aliphatic carboxylic acids is 2. The highest BCUT2D eigenvalue weighted by Gasteiger charge is 2.41. The number of carboxylic acid groups (broad SMARTS) is 2. The second-order valence-corrected chi connectivity index (χ2v) is 3.81. The zero-order chi connectivity index (χ0) is 13.1. The second-order valence-electron chi connectivity index (χ2n) is 3.81. The zero-order valence-electron chi connectivity index (χ0n) is 9.47. The fourth-order valence-electron chi connectivity index (χ4n) is 1.61. The number of hydrogen-bond acceptors (Lipinski definition) is 4. The molecule has 0 radical (unpaired) electrons. The summed E-state index contributed by atoms with van der Waals surface area (Å²) in [6.45, 7) is 1.85. The lowest BCUT2D eigenvalue weighted by atomic mass is 9.86. The molecule has 0 fully saturated rings. The third-order valence-electron chi connectivity index (χ3n) is 2.62. The van der Waals surface area contributed by atoms with E-state index in [0.29, 0.717) is 5.57 Å². The smallest absolute Gasteiger partial charge is 0.340 e. The van der Waals surface area contributed by atoms with Gasteiger partial charge in [-0.3, -0.25) is 0 Å². The molecule has 1 aliphatic carbocycles. The van der Waals surface area contributed by atoms with Gasteiger partial charge in [0.05, 0.1) is 6.61 Å². The van der Waals surface area contributed by atoms with E-state index in [0.717, 1.165) is 0 Å². The van der Waals surface area contributed by atoms with Crippen LogP contribution < -0.4 is 5.73 Å². The molecule has 0 saturated heterocycles. The van der Waals surface area contributed by atoms with Crippen molar-refractivity contribution < 1.29 is 24.5 Å². The predicted molar refractivity (Wildman–Crippen MR) is 59.5 cm³/mol. The van der Waals surface area contributed by atoms with Gasteiger partial charge >= 0.3 is 11.9 Å². The van der Waals surface area contributed by atoms with Crippen LogP contribution in [0, 0.1) is 0 Å². The Morgan fingerprint density at radius 2 is 2.18 bits per heavy atom. The summed E-state index contributed by atoms with van der Waals surface area (Å²) < 4.78 is 5.20. The highest BCUT2D eigenvalue weighted by molar-refractivity contribution is 5.92. The van der Waals surface area contributed by atoms with Crippen LogP contribution in [0.5, 0.6) is 0 Å². The van der Waals surface area contributed by atoms with Gasteiger partial charge in [-0.2, -0.15) is 0 Å². The zero-order valence-corrected chi connectivity index (χ0v) is 9.47. The lowest BCUT2D eigenvalue weighted by molar-refractivity contribution is -0.159. The molecule has 1 atom stereocenters. The summed E-state index contributed by atoms with van der Waals surface area (Å²) >= 11 is 0. The molecule has 0 aromatic carbocycles. The number of carbonyl (C=O) groups is 2. The molecule has 0 spiro atoms. The van der Waals surface area contributed by atoms with Crippen LogP contribution in [-0.2, 0) is 14.3 Å². The van der Waals surface area contributed by atoms with E-state index >= 15 is 0 Å². The maximum Gasteiger partial charge on any atom is 0.340 e. The van der Waals surface area contributed by atoms with E-state index in [1.54, 1.807) is 6.92 Å². The van der Waals surface area contributed by atoms with Crippen molar-refractivity contribution in [3.05, 3.63) is 23.3 Å². The summed E-state index contributed by atoms with van der Waals surface area (Å²) in [5.74, 6) is -2.35. The Labute approximate surface area is 98.4 Å². The minimum atomic E-state index is -1.62. The van der Waals surface area contributed by atoms with Gasteiger partial charge in [0, 0.05) is 18.5 Å². The van der Waals surface area contributed by atoms with E-state index in [-0.39, 0.29) is 25.1 Å². The van der Waals surface area contributed by atoms with Crippen molar-refractivity contribution in [1.29, 1.82) is 0 Å². The van der Waals surface area contributed by atoms with Gasteiger partial charge in [-0.15, -0.1) is 0 Å². The predicted octanol–water partition coefficient (Wildman–Crippen LogP) is 0.146. The molecule has 1 unspecified atom stereocenters. The minimum Gasteiger partial charge on any atom is -0.479 e. The van der Waals surface area contributed by atoms with Gasteiger partial charge in [0.1, 0.15) is 0 Å². The average molecular weight is 241 g/mol. The van der Waals surface area contributed by atoms with Gasteiger partial charge in [-0.05, 0) is 18.6 Å². The Kier molecular flexibility index (Phi) is 4.03.